The second kappa shape index (κ2) is 13.0. The van der Waals surface area contributed by atoms with E-state index in [2.05, 4.69) is 63.2 Å². The average Bonchev–Trinajstić information content (AvgIpc) is 2.91. The smallest absolute Gasteiger partial charge is 0.303 e. The summed E-state index contributed by atoms with van der Waals surface area (Å²) >= 11 is 0. The summed E-state index contributed by atoms with van der Waals surface area (Å²) in [7, 11) is 0. The first-order valence-corrected chi connectivity index (χ1v) is 14.4. The second-order valence-electron chi connectivity index (χ2n) is 12.1. The third-order valence-electron chi connectivity index (χ3n) is 8.17. The van der Waals surface area contributed by atoms with Crippen LogP contribution < -0.4 is 4.74 Å². The fourth-order valence-electron chi connectivity index (χ4n) is 5.56. The molecule has 0 aromatic heterocycles. The molecule has 3 aromatic carbocycles. The van der Waals surface area contributed by atoms with Crippen molar-refractivity contribution in [1.82, 2.24) is 0 Å². The van der Waals surface area contributed by atoms with Crippen LogP contribution in [0.5, 0.6) is 5.75 Å². The number of ether oxygens (including phenoxy) is 1. The van der Waals surface area contributed by atoms with E-state index in [-0.39, 0.29) is 30.3 Å². The molecule has 0 spiro atoms. The van der Waals surface area contributed by atoms with E-state index in [9.17, 15) is 15.0 Å². The molecule has 5 heteroatoms. The van der Waals surface area contributed by atoms with Gasteiger partial charge in [-0.2, -0.15) is 0 Å². The van der Waals surface area contributed by atoms with Gasteiger partial charge in [0, 0.05) is 11.8 Å². The van der Waals surface area contributed by atoms with Crippen molar-refractivity contribution in [2.24, 2.45) is 5.41 Å². The summed E-state index contributed by atoms with van der Waals surface area (Å²) in [6, 6.07) is 21.2. The normalized spacial score (nSPS) is 13.6. The first-order valence-electron chi connectivity index (χ1n) is 14.4. The molecule has 0 saturated heterocycles. The Morgan fingerprint density at radius 1 is 0.875 bits per heavy atom. The molecule has 0 aliphatic heterocycles. The van der Waals surface area contributed by atoms with E-state index in [1.54, 1.807) is 0 Å². The number of carboxylic acids is 1. The maximum absolute atomic E-state index is 10.8. The van der Waals surface area contributed by atoms with Gasteiger partial charge in [0.1, 0.15) is 12.4 Å². The zero-order chi connectivity index (χ0) is 29.7. The number of hydrogen-bond acceptors (Lipinski definition) is 4. The van der Waals surface area contributed by atoms with Crippen molar-refractivity contribution in [3.8, 4) is 16.9 Å². The Kier molecular flexibility index (Phi) is 10.2. The fraction of sp³-hybridized carbons (Fsp3) is 0.457. The van der Waals surface area contributed by atoms with Gasteiger partial charge in [-0.3, -0.25) is 4.79 Å². The Hall–Kier alpha value is -3.15. The minimum atomic E-state index is -0.925. The van der Waals surface area contributed by atoms with E-state index in [4.69, 9.17) is 9.84 Å². The number of benzene rings is 3. The van der Waals surface area contributed by atoms with Gasteiger partial charge in [-0.15, -0.1) is 0 Å². The van der Waals surface area contributed by atoms with Crippen LogP contribution in [-0.2, 0) is 10.2 Å². The lowest BCUT2D eigenvalue weighted by Crippen LogP contribution is -2.26. The van der Waals surface area contributed by atoms with Crippen LogP contribution in [0.1, 0.15) is 94.2 Å². The van der Waals surface area contributed by atoms with E-state index < -0.39 is 18.2 Å². The summed E-state index contributed by atoms with van der Waals surface area (Å²) in [6.07, 6.45) is 0.590. The van der Waals surface area contributed by atoms with Crippen LogP contribution in [0.15, 0.2) is 60.7 Å². The summed E-state index contributed by atoms with van der Waals surface area (Å²) in [5, 5.41) is 29.7. The van der Waals surface area contributed by atoms with Crippen LogP contribution in [0.2, 0.25) is 0 Å². The molecular formula is C35H46O5. The number of carboxylic acid groups (broad SMARTS) is 1. The lowest BCUT2D eigenvalue weighted by molar-refractivity contribution is -0.137. The Balaban J connectivity index is 1.90. The van der Waals surface area contributed by atoms with Crippen LogP contribution in [-0.4, -0.2) is 34.0 Å². The summed E-state index contributed by atoms with van der Waals surface area (Å²) in [5.74, 6) is -0.228. The largest absolute Gasteiger partial charge is 0.491 e. The highest BCUT2D eigenvalue weighted by molar-refractivity contribution is 5.69. The van der Waals surface area contributed by atoms with Crippen LogP contribution >= 0.6 is 0 Å². The van der Waals surface area contributed by atoms with Crippen molar-refractivity contribution in [3.05, 3.63) is 88.5 Å². The maximum atomic E-state index is 10.8. The maximum Gasteiger partial charge on any atom is 0.303 e. The molecule has 3 N–H and O–H groups in total. The van der Waals surface area contributed by atoms with Gasteiger partial charge in [0.2, 0.25) is 0 Å². The van der Waals surface area contributed by atoms with Crippen molar-refractivity contribution in [2.45, 2.75) is 91.8 Å². The minimum Gasteiger partial charge on any atom is -0.491 e. The van der Waals surface area contributed by atoms with Crippen molar-refractivity contribution in [2.75, 3.05) is 6.61 Å². The number of rotatable bonds is 12. The Morgan fingerprint density at radius 2 is 1.50 bits per heavy atom. The van der Waals surface area contributed by atoms with Crippen LogP contribution in [0.4, 0.5) is 0 Å². The third kappa shape index (κ3) is 7.13. The highest BCUT2D eigenvalue weighted by Crippen LogP contribution is 2.42. The standard InChI is InChI=1S/C35H46O5/c1-8-35(9-2,28-14-17-31(24(4)20-28)40-22-29(36)15-18-32(37)38)27-13-16-30(23(3)19-27)25-11-10-12-26(21-25)33(39)34(5,6)7/h10-14,16-17,19-21,29,33,36,39H,8-9,15,18,22H2,1-7H3,(H,37,38). The molecule has 0 saturated carbocycles. The number of aliphatic hydroxyl groups excluding tert-OH is 2. The highest BCUT2D eigenvalue weighted by Gasteiger charge is 2.32. The zero-order valence-corrected chi connectivity index (χ0v) is 25.1. The summed E-state index contributed by atoms with van der Waals surface area (Å²) in [5.41, 5.74) is 7.45. The van der Waals surface area contributed by atoms with Crippen molar-refractivity contribution < 1.29 is 24.9 Å². The third-order valence-corrected chi connectivity index (χ3v) is 8.17. The molecule has 0 aliphatic carbocycles. The lowest BCUT2D eigenvalue weighted by Gasteiger charge is -2.34. The summed E-state index contributed by atoms with van der Waals surface area (Å²) in [6.45, 7) is 14.8. The molecule has 3 aromatic rings. The van der Waals surface area contributed by atoms with E-state index in [0.717, 1.165) is 35.1 Å². The van der Waals surface area contributed by atoms with Gasteiger partial charge in [0.05, 0.1) is 12.2 Å². The molecule has 0 aliphatic rings. The molecule has 3 rings (SSSR count). The van der Waals surface area contributed by atoms with Gasteiger partial charge >= 0.3 is 5.97 Å². The quantitative estimate of drug-likeness (QED) is 0.216. The van der Waals surface area contributed by atoms with Gasteiger partial charge < -0.3 is 20.1 Å². The molecule has 0 heterocycles. The molecular weight excluding hydrogens is 500 g/mol. The van der Waals surface area contributed by atoms with Crippen molar-refractivity contribution >= 4 is 5.97 Å². The van der Waals surface area contributed by atoms with Crippen LogP contribution in [0.25, 0.3) is 11.1 Å². The van der Waals surface area contributed by atoms with Crippen molar-refractivity contribution in [3.63, 3.8) is 0 Å². The van der Waals surface area contributed by atoms with Gasteiger partial charge in [-0.05, 0) is 89.6 Å². The molecule has 0 bridgehead atoms. The summed E-state index contributed by atoms with van der Waals surface area (Å²) < 4.78 is 5.84. The fourth-order valence-corrected chi connectivity index (χ4v) is 5.56. The minimum absolute atomic E-state index is 0.0643. The van der Waals surface area contributed by atoms with Gasteiger partial charge in [0.25, 0.3) is 0 Å². The monoisotopic (exact) mass is 546 g/mol. The molecule has 40 heavy (non-hydrogen) atoms. The molecule has 0 fully saturated rings. The zero-order valence-electron chi connectivity index (χ0n) is 25.1. The molecule has 5 nitrogen and oxygen atoms in total. The molecule has 2 unspecified atom stereocenters. The molecule has 0 radical (unpaired) electrons. The van der Waals surface area contributed by atoms with Crippen LogP contribution in [0.3, 0.4) is 0 Å². The van der Waals surface area contributed by atoms with Crippen LogP contribution in [0, 0.1) is 19.3 Å². The average molecular weight is 547 g/mol. The molecule has 2 atom stereocenters. The number of carbonyl (C=O) groups is 1. The Bertz CT molecular complexity index is 1300. The van der Waals surface area contributed by atoms with Crippen molar-refractivity contribution in [1.29, 1.82) is 0 Å². The molecule has 216 valence electrons. The van der Waals surface area contributed by atoms with Gasteiger partial charge in [-0.1, -0.05) is 83.1 Å². The van der Waals surface area contributed by atoms with Gasteiger partial charge in [0.15, 0.2) is 0 Å². The van der Waals surface area contributed by atoms with E-state index in [0.29, 0.717) is 5.75 Å². The Morgan fingerprint density at radius 3 is 2.05 bits per heavy atom. The van der Waals surface area contributed by atoms with E-state index >= 15 is 0 Å². The lowest BCUT2D eigenvalue weighted by atomic mass is 9.69. The number of hydrogen-bond donors (Lipinski definition) is 3. The number of aliphatic carboxylic acids is 1. The summed E-state index contributed by atoms with van der Waals surface area (Å²) in [4.78, 5) is 10.8. The predicted molar refractivity (Wildman–Crippen MR) is 162 cm³/mol. The molecule has 0 amide bonds. The van der Waals surface area contributed by atoms with E-state index in [1.807, 2.05) is 45.9 Å². The number of aliphatic hydroxyl groups is 2. The highest BCUT2D eigenvalue weighted by atomic mass is 16.5. The predicted octanol–water partition coefficient (Wildman–Crippen LogP) is 7.76. The first-order chi connectivity index (χ1) is 18.8. The topological polar surface area (TPSA) is 87.0 Å². The SMILES string of the molecule is CCC(CC)(c1ccc(OCC(O)CCC(=O)O)c(C)c1)c1ccc(-c2cccc(C(O)C(C)(C)C)c2)c(C)c1. The Labute approximate surface area is 239 Å². The van der Waals surface area contributed by atoms with Gasteiger partial charge in [-0.25, -0.2) is 0 Å². The van der Waals surface area contributed by atoms with E-state index in [1.165, 1.54) is 16.7 Å². The second-order valence-corrected chi connectivity index (χ2v) is 12.1. The number of aryl methyl sites for hydroxylation is 2. The first kappa shape index (κ1) is 31.4.